The molecule has 156 valence electrons. The van der Waals surface area contributed by atoms with E-state index in [-0.39, 0.29) is 0 Å². The Kier molecular flexibility index (Phi) is 6.97. The second-order valence-corrected chi connectivity index (χ2v) is 5.55. The summed E-state index contributed by atoms with van der Waals surface area (Å²) >= 11 is 0. The van der Waals surface area contributed by atoms with E-state index in [9.17, 15) is 53.1 Å². The molecule has 0 aromatic rings. The van der Waals surface area contributed by atoms with Crippen LogP contribution in [0.4, 0.5) is 48.3 Å². The first-order chi connectivity index (χ1) is 11.2. The third-order valence-electron chi connectivity index (χ3n) is 3.13. The van der Waals surface area contributed by atoms with Crippen LogP contribution in [0.25, 0.3) is 0 Å². The van der Waals surface area contributed by atoms with Crippen molar-refractivity contribution in [3.8, 4) is 0 Å². The van der Waals surface area contributed by atoms with Gasteiger partial charge in [-0.2, -0.15) is 48.3 Å². The SMILES string of the molecule is CC(C)C(O)C(F)(F)C(=O)OCCC(F)(F)C(F)(F)C(F)(F)C(F)(F)F. The van der Waals surface area contributed by atoms with Gasteiger partial charge in [0.1, 0.15) is 6.10 Å². The lowest BCUT2D eigenvalue weighted by molar-refractivity contribution is -0.397. The van der Waals surface area contributed by atoms with Gasteiger partial charge in [0.2, 0.25) is 0 Å². The molecule has 0 aromatic carbocycles. The monoisotopic (exact) mass is 414 g/mol. The van der Waals surface area contributed by atoms with Gasteiger partial charge in [0.15, 0.2) is 0 Å². The molecule has 14 heteroatoms. The van der Waals surface area contributed by atoms with Crippen molar-refractivity contribution in [2.24, 2.45) is 5.92 Å². The highest BCUT2D eigenvalue weighted by Gasteiger charge is 2.81. The van der Waals surface area contributed by atoms with E-state index < -0.39 is 60.9 Å². The molecule has 0 aliphatic carbocycles. The fourth-order valence-corrected chi connectivity index (χ4v) is 1.47. The molecular formula is C12H13F11O3. The van der Waals surface area contributed by atoms with E-state index in [0.717, 1.165) is 13.8 Å². The lowest BCUT2D eigenvalue weighted by atomic mass is 10.0. The Hall–Kier alpha value is -1.34. The first-order valence-corrected chi connectivity index (χ1v) is 6.66. The number of aliphatic hydroxyl groups is 1. The fourth-order valence-electron chi connectivity index (χ4n) is 1.47. The molecule has 0 rings (SSSR count). The van der Waals surface area contributed by atoms with Gasteiger partial charge in [-0.3, -0.25) is 0 Å². The van der Waals surface area contributed by atoms with Crippen molar-refractivity contribution < 1.29 is 62.9 Å². The predicted molar refractivity (Wildman–Crippen MR) is 62.3 cm³/mol. The first kappa shape index (κ1) is 24.7. The molecule has 0 radical (unpaired) electrons. The number of hydrogen-bond acceptors (Lipinski definition) is 3. The average Bonchev–Trinajstić information content (AvgIpc) is 2.44. The molecule has 0 amide bonds. The Morgan fingerprint density at radius 2 is 1.31 bits per heavy atom. The van der Waals surface area contributed by atoms with Crippen LogP contribution in [0.15, 0.2) is 0 Å². The van der Waals surface area contributed by atoms with Crippen LogP contribution in [0.5, 0.6) is 0 Å². The van der Waals surface area contributed by atoms with Crippen LogP contribution in [0.1, 0.15) is 20.3 Å². The van der Waals surface area contributed by atoms with Gasteiger partial charge < -0.3 is 9.84 Å². The third kappa shape index (κ3) is 4.49. The molecule has 3 nitrogen and oxygen atoms in total. The largest absolute Gasteiger partial charge is 0.461 e. The minimum atomic E-state index is -7.13. The van der Waals surface area contributed by atoms with Gasteiger partial charge in [0.05, 0.1) is 13.0 Å². The number of esters is 1. The van der Waals surface area contributed by atoms with Crippen molar-refractivity contribution in [3.05, 3.63) is 0 Å². The van der Waals surface area contributed by atoms with Crippen LogP contribution < -0.4 is 0 Å². The standard InChI is InChI=1S/C12H13F11O3/c1-5(2)6(24)9(15,16)7(25)26-4-3-8(13,14)10(17,18)11(19,20)12(21,22)23/h5-6,24H,3-4H2,1-2H3. The number of alkyl halides is 11. The molecule has 0 bridgehead atoms. The van der Waals surface area contributed by atoms with Gasteiger partial charge in [0, 0.05) is 0 Å². The van der Waals surface area contributed by atoms with Crippen LogP contribution in [0.3, 0.4) is 0 Å². The van der Waals surface area contributed by atoms with E-state index in [0.29, 0.717) is 0 Å². The van der Waals surface area contributed by atoms with Crippen molar-refractivity contribution in [1.29, 1.82) is 0 Å². The Balaban J connectivity index is 5.13. The molecule has 1 unspecified atom stereocenters. The average molecular weight is 414 g/mol. The van der Waals surface area contributed by atoms with E-state index in [2.05, 4.69) is 4.74 Å². The van der Waals surface area contributed by atoms with Gasteiger partial charge in [-0.05, 0) is 5.92 Å². The zero-order valence-corrected chi connectivity index (χ0v) is 13.0. The van der Waals surface area contributed by atoms with Crippen molar-refractivity contribution >= 4 is 5.97 Å². The van der Waals surface area contributed by atoms with Gasteiger partial charge in [-0.15, -0.1) is 0 Å². The molecule has 0 aliphatic rings. The second-order valence-electron chi connectivity index (χ2n) is 5.55. The number of carbonyl (C=O) groups is 1. The lowest BCUT2D eigenvalue weighted by Gasteiger charge is -2.33. The van der Waals surface area contributed by atoms with Gasteiger partial charge in [-0.25, -0.2) is 4.79 Å². The normalized spacial score (nSPS) is 16.0. The highest BCUT2D eigenvalue weighted by molar-refractivity contribution is 5.78. The minimum Gasteiger partial charge on any atom is -0.461 e. The van der Waals surface area contributed by atoms with Crippen LogP contribution in [-0.2, 0) is 9.53 Å². The summed E-state index contributed by atoms with van der Waals surface area (Å²) in [6.45, 7) is 0.0231. The smallest absolute Gasteiger partial charge is 0.460 e. The maximum atomic E-state index is 13.3. The Morgan fingerprint density at radius 3 is 1.65 bits per heavy atom. The number of carbonyl (C=O) groups excluding carboxylic acids is 1. The van der Waals surface area contributed by atoms with E-state index in [4.69, 9.17) is 5.11 Å². The molecule has 0 saturated heterocycles. The quantitative estimate of drug-likeness (QED) is 0.482. The second kappa shape index (κ2) is 7.35. The number of aliphatic hydroxyl groups excluding tert-OH is 1. The van der Waals surface area contributed by atoms with Crippen molar-refractivity contribution in [3.63, 3.8) is 0 Å². The molecule has 0 heterocycles. The maximum Gasteiger partial charge on any atom is 0.460 e. The van der Waals surface area contributed by atoms with Crippen LogP contribution in [0, 0.1) is 5.92 Å². The van der Waals surface area contributed by atoms with Gasteiger partial charge in [-0.1, -0.05) is 13.8 Å². The molecule has 0 spiro atoms. The molecule has 0 fully saturated rings. The zero-order chi connectivity index (χ0) is 21.4. The minimum absolute atomic E-state index is 1.03. The summed E-state index contributed by atoms with van der Waals surface area (Å²) in [5.74, 6) is -28.6. The highest BCUT2D eigenvalue weighted by atomic mass is 19.4. The summed E-state index contributed by atoms with van der Waals surface area (Å²) in [6.07, 6.45) is -12.3. The van der Waals surface area contributed by atoms with E-state index in [1.165, 1.54) is 0 Å². The molecule has 26 heavy (non-hydrogen) atoms. The Bertz CT molecular complexity index is 499. The topological polar surface area (TPSA) is 46.5 Å². The number of hydrogen-bond donors (Lipinski definition) is 1. The van der Waals surface area contributed by atoms with Crippen LogP contribution in [0.2, 0.25) is 0 Å². The van der Waals surface area contributed by atoms with Crippen molar-refractivity contribution in [2.75, 3.05) is 6.61 Å². The summed E-state index contributed by atoms with van der Waals surface area (Å²) in [5, 5.41) is 9.07. The van der Waals surface area contributed by atoms with Crippen molar-refractivity contribution in [2.45, 2.75) is 56.2 Å². The Morgan fingerprint density at radius 1 is 0.885 bits per heavy atom. The van der Waals surface area contributed by atoms with Crippen molar-refractivity contribution in [1.82, 2.24) is 0 Å². The molecule has 0 aromatic heterocycles. The summed E-state index contributed by atoms with van der Waals surface area (Å²) in [5.41, 5.74) is 0. The Labute approximate surface area is 139 Å². The van der Waals surface area contributed by atoms with Gasteiger partial charge in [0.25, 0.3) is 0 Å². The number of halogens is 11. The van der Waals surface area contributed by atoms with E-state index in [1.54, 1.807) is 0 Å². The molecule has 1 atom stereocenters. The van der Waals surface area contributed by atoms with Crippen LogP contribution >= 0.6 is 0 Å². The summed E-state index contributed by atoms with van der Waals surface area (Å²) in [6, 6.07) is 0. The van der Waals surface area contributed by atoms with Crippen LogP contribution in [-0.4, -0.2) is 53.7 Å². The first-order valence-electron chi connectivity index (χ1n) is 6.66. The van der Waals surface area contributed by atoms with E-state index in [1.807, 2.05) is 0 Å². The maximum absolute atomic E-state index is 13.3. The highest BCUT2D eigenvalue weighted by Crippen LogP contribution is 2.54. The summed E-state index contributed by atoms with van der Waals surface area (Å²) in [4.78, 5) is 11.0. The fraction of sp³-hybridized carbons (Fsp3) is 0.917. The van der Waals surface area contributed by atoms with Gasteiger partial charge >= 0.3 is 35.8 Å². The number of rotatable bonds is 8. The number of ether oxygens (including phenoxy) is 1. The lowest BCUT2D eigenvalue weighted by Crippen LogP contribution is -2.61. The summed E-state index contributed by atoms with van der Waals surface area (Å²) in [7, 11) is 0. The third-order valence-corrected chi connectivity index (χ3v) is 3.13. The summed E-state index contributed by atoms with van der Waals surface area (Å²) < 4.78 is 143. The zero-order valence-electron chi connectivity index (χ0n) is 13.0. The predicted octanol–water partition coefficient (Wildman–Crippen LogP) is 4.04. The molecule has 0 saturated carbocycles. The molecule has 0 aliphatic heterocycles. The van der Waals surface area contributed by atoms with E-state index >= 15 is 0 Å². The molecular weight excluding hydrogens is 401 g/mol. The molecule has 1 N–H and O–H groups in total.